The summed E-state index contributed by atoms with van der Waals surface area (Å²) in [5.74, 6) is 0.351. The Hall–Kier alpha value is -3.44. The highest BCUT2D eigenvalue weighted by molar-refractivity contribution is 9.10. The van der Waals surface area contributed by atoms with Crippen molar-refractivity contribution >= 4 is 50.5 Å². The number of carbonyl (C=O) groups is 2. The van der Waals surface area contributed by atoms with Gasteiger partial charge in [-0.2, -0.15) is 5.10 Å². The van der Waals surface area contributed by atoms with E-state index in [0.29, 0.717) is 39.9 Å². The quantitative estimate of drug-likeness (QED) is 0.179. The third-order valence-electron chi connectivity index (χ3n) is 4.77. The number of ether oxygens (including phenoxy) is 3. The average Bonchev–Trinajstić information content (AvgIpc) is 3.31. The third-order valence-corrected chi connectivity index (χ3v) is 6.25. The van der Waals surface area contributed by atoms with E-state index in [-0.39, 0.29) is 24.9 Å². The maximum Gasteiger partial charge on any atom is 0.311 e. The van der Waals surface area contributed by atoms with Crippen LogP contribution in [0.2, 0.25) is 0 Å². The van der Waals surface area contributed by atoms with Crippen LogP contribution in [0.4, 0.5) is 5.13 Å². The molecular weight excluding hydrogens is 548 g/mol. The van der Waals surface area contributed by atoms with Crippen LogP contribution in [0, 0.1) is 0 Å². The van der Waals surface area contributed by atoms with E-state index in [4.69, 9.17) is 14.2 Å². The molecule has 0 saturated heterocycles. The van der Waals surface area contributed by atoms with Gasteiger partial charge in [0.25, 0.3) is 5.91 Å². The highest BCUT2D eigenvalue weighted by Gasteiger charge is 2.12. The second-order valence-electron chi connectivity index (χ2n) is 7.39. The van der Waals surface area contributed by atoms with Crippen molar-refractivity contribution in [3.8, 4) is 11.5 Å². The van der Waals surface area contributed by atoms with Gasteiger partial charge in [0, 0.05) is 22.0 Å². The Morgan fingerprint density at radius 3 is 2.75 bits per heavy atom. The van der Waals surface area contributed by atoms with Crippen LogP contribution in [0.1, 0.15) is 23.7 Å². The smallest absolute Gasteiger partial charge is 0.311 e. The minimum Gasteiger partial charge on any atom is -0.493 e. The van der Waals surface area contributed by atoms with Crippen molar-refractivity contribution in [2.45, 2.75) is 19.8 Å². The second-order valence-corrected chi connectivity index (χ2v) is 9.11. The number of carbonyl (C=O) groups excluding carboxylic acids is 2. The molecule has 0 fully saturated rings. The first kappa shape index (κ1) is 27.2. The Kier molecular flexibility index (Phi) is 10.7. The molecule has 3 rings (SSSR count). The zero-order valence-corrected chi connectivity index (χ0v) is 22.4. The van der Waals surface area contributed by atoms with E-state index >= 15 is 0 Å². The minimum atomic E-state index is -0.319. The number of methoxy groups -OCH3 is 1. The van der Waals surface area contributed by atoms with Crippen LogP contribution in [0.25, 0.3) is 0 Å². The number of aromatic nitrogens is 1. The van der Waals surface area contributed by atoms with Crippen molar-refractivity contribution in [1.29, 1.82) is 0 Å². The van der Waals surface area contributed by atoms with Crippen molar-refractivity contribution in [2.24, 2.45) is 5.10 Å². The summed E-state index contributed by atoms with van der Waals surface area (Å²) < 4.78 is 16.7. The SMILES string of the molecule is CCOC(=O)Cc1csc(NN=Cc2cc(OC)c(OCC(=O)NCCc3ccccc3)cc2Br)n1. The van der Waals surface area contributed by atoms with E-state index in [1.807, 2.05) is 30.3 Å². The zero-order chi connectivity index (χ0) is 25.8. The van der Waals surface area contributed by atoms with Crippen LogP contribution in [0.5, 0.6) is 11.5 Å². The van der Waals surface area contributed by atoms with Crippen LogP contribution < -0.4 is 20.2 Å². The van der Waals surface area contributed by atoms with Crippen LogP contribution in [0.15, 0.2) is 57.4 Å². The Balaban J connectivity index is 1.51. The van der Waals surface area contributed by atoms with Gasteiger partial charge in [-0.15, -0.1) is 11.3 Å². The molecule has 0 aliphatic heterocycles. The lowest BCUT2D eigenvalue weighted by Gasteiger charge is -2.13. The number of rotatable bonds is 13. The van der Waals surface area contributed by atoms with Crippen molar-refractivity contribution in [1.82, 2.24) is 10.3 Å². The fourth-order valence-electron chi connectivity index (χ4n) is 3.06. The number of nitrogens with one attached hydrogen (secondary N) is 2. The van der Waals surface area contributed by atoms with Crippen molar-refractivity contribution in [3.63, 3.8) is 0 Å². The molecule has 0 bridgehead atoms. The molecule has 2 aromatic carbocycles. The monoisotopic (exact) mass is 574 g/mol. The van der Waals surface area contributed by atoms with Crippen LogP contribution >= 0.6 is 27.3 Å². The molecule has 190 valence electrons. The van der Waals surface area contributed by atoms with Gasteiger partial charge in [-0.05, 0) is 47.0 Å². The van der Waals surface area contributed by atoms with E-state index in [0.717, 1.165) is 17.5 Å². The molecule has 3 aromatic rings. The van der Waals surface area contributed by atoms with Gasteiger partial charge in [-0.1, -0.05) is 30.3 Å². The van der Waals surface area contributed by atoms with E-state index in [1.54, 1.807) is 30.7 Å². The maximum atomic E-state index is 12.2. The van der Waals surface area contributed by atoms with Crippen molar-refractivity contribution in [3.05, 3.63) is 69.1 Å². The summed E-state index contributed by atoms with van der Waals surface area (Å²) in [6, 6.07) is 13.4. The molecule has 36 heavy (non-hydrogen) atoms. The summed E-state index contributed by atoms with van der Waals surface area (Å²) in [5, 5.41) is 9.38. The molecule has 0 saturated carbocycles. The van der Waals surface area contributed by atoms with E-state index in [2.05, 4.69) is 36.8 Å². The highest BCUT2D eigenvalue weighted by Crippen LogP contribution is 2.33. The molecule has 0 radical (unpaired) electrons. The normalized spacial score (nSPS) is 10.8. The number of nitrogens with zero attached hydrogens (tertiary/aromatic N) is 2. The summed E-state index contributed by atoms with van der Waals surface area (Å²) >= 11 is 4.83. The standard InChI is InChI=1S/C25H27BrN4O5S/c1-3-34-24(32)12-19-16-36-25(29-19)30-28-14-18-11-21(33-2)22(13-20(18)26)35-15-23(31)27-10-9-17-7-5-4-6-8-17/h4-8,11,13-14,16H,3,9-10,12,15H2,1-2H3,(H,27,31)(H,29,30). The zero-order valence-electron chi connectivity index (χ0n) is 20.0. The van der Waals surface area contributed by atoms with Crippen molar-refractivity contribution < 1.29 is 23.8 Å². The first-order chi connectivity index (χ1) is 17.5. The van der Waals surface area contributed by atoms with Crippen LogP contribution in [0.3, 0.4) is 0 Å². The molecule has 0 atom stereocenters. The first-order valence-electron chi connectivity index (χ1n) is 11.2. The average molecular weight is 575 g/mol. The third kappa shape index (κ3) is 8.65. The lowest BCUT2D eigenvalue weighted by atomic mass is 10.1. The first-order valence-corrected chi connectivity index (χ1v) is 12.9. The van der Waals surface area contributed by atoms with Gasteiger partial charge in [0.2, 0.25) is 5.13 Å². The molecule has 2 N–H and O–H groups in total. The van der Waals surface area contributed by atoms with Crippen molar-refractivity contribution in [2.75, 3.05) is 32.3 Å². The molecule has 1 amide bonds. The fraction of sp³-hybridized carbons (Fsp3) is 0.280. The summed E-state index contributed by atoms with van der Waals surface area (Å²) in [6.45, 7) is 2.49. The van der Waals surface area contributed by atoms with Gasteiger partial charge in [0.05, 0.1) is 32.0 Å². The van der Waals surface area contributed by atoms with Gasteiger partial charge >= 0.3 is 5.97 Å². The molecule has 1 aromatic heterocycles. The molecule has 9 nitrogen and oxygen atoms in total. The van der Waals surface area contributed by atoms with Gasteiger partial charge < -0.3 is 19.5 Å². The molecule has 0 unspecified atom stereocenters. The number of esters is 1. The summed E-state index contributed by atoms with van der Waals surface area (Å²) in [5.41, 5.74) is 5.34. The Morgan fingerprint density at radius 1 is 1.19 bits per heavy atom. The van der Waals surface area contributed by atoms with Gasteiger partial charge in [-0.25, -0.2) is 4.98 Å². The van der Waals surface area contributed by atoms with Gasteiger partial charge in [0.1, 0.15) is 0 Å². The molecule has 0 aliphatic carbocycles. The lowest BCUT2D eigenvalue weighted by Crippen LogP contribution is -2.30. The van der Waals surface area contributed by atoms with Crippen LogP contribution in [-0.2, 0) is 27.2 Å². The Bertz CT molecular complexity index is 1190. The summed E-state index contributed by atoms with van der Waals surface area (Å²) in [7, 11) is 1.52. The van der Waals surface area contributed by atoms with E-state index in [9.17, 15) is 9.59 Å². The largest absolute Gasteiger partial charge is 0.493 e. The topological polar surface area (TPSA) is 111 Å². The number of halogens is 1. The fourth-order valence-corrected chi connectivity index (χ4v) is 4.15. The number of thiazole rings is 1. The Morgan fingerprint density at radius 2 is 2.00 bits per heavy atom. The number of anilines is 1. The number of benzene rings is 2. The lowest BCUT2D eigenvalue weighted by molar-refractivity contribution is -0.142. The number of amides is 1. The van der Waals surface area contributed by atoms with Gasteiger partial charge in [0.15, 0.2) is 18.1 Å². The van der Waals surface area contributed by atoms with E-state index in [1.165, 1.54) is 18.4 Å². The second kappa shape index (κ2) is 14.2. The van der Waals surface area contributed by atoms with Crippen LogP contribution in [-0.4, -0.2) is 49.9 Å². The summed E-state index contributed by atoms with van der Waals surface area (Å²) in [6.07, 6.45) is 2.46. The minimum absolute atomic E-state index is 0.116. The predicted octanol–water partition coefficient (Wildman–Crippen LogP) is 4.20. The molecular formula is C25H27BrN4O5S. The molecule has 11 heteroatoms. The number of hydrogen-bond acceptors (Lipinski definition) is 9. The highest BCUT2D eigenvalue weighted by atomic mass is 79.9. The van der Waals surface area contributed by atoms with E-state index < -0.39 is 0 Å². The number of hydrazone groups is 1. The molecule has 0 aliphatic rings. The summed E-state index contributed by atoms with van der Waals surface area (Å²) in [4.78, 5) is 28.1. The van der Waals surface area contributed by atoms with Gasteiger partial charge in [-0.3, -0.25) is 15.0 Å². The Labute approximate surface area is 222 Å². The molecule has 0 spiro atoms. The predicted molar refractivity (Wildman–Crippen MR) is 143 cm³/mol. The maximum absolute atomic E-state index is 12.2. The number of hydrogen-bond donors (Lipinski definition) is 2. The molecule has 1 heterocycles.